The number of thioether (sulfide) groups is 1. The summed E-state index contributed by atoms with van der Waals surface area (Å²) < 4.78 is 0. The van der Waals surface area contributed by atoms with E-state index in [0.717, 1.165) is 17.9 Å². The zero-order chi connectivity index (χ0) is 11.5. The number of hydrogen-bond acceptors (Lipinski definition) is 2. The van der Waals surface area contributed by atoms with Gasteiger partial charge in [-0.05, 0) is 30.7 Å². The van der Waals surface area contributed by atoms with Crippen molar-refractivity contribution in [1.29, 1.82) is 0 Å². The number of ketones is 1. The minimum absolute atomic E-state index is 0.188. The van der Waals surface area contributed by atoms with Gasteiger partial charge in [-0.25, -0.2) is 0 Å². The Bertz CT molecular complexity index is 365. The molecular weight excluding hydrogens is 216 g/mol. The van der Waals surface area contributed by atoms with E-state index in [1.807, 2.05) is 30.5 Å². The molecule has 1 nitrogen and oxygen atoms in total. The van der Waals surface area contributed by atoms with Gasteiger partial charge in [-0.15, -0.1) is 11.8 Å². The van der Waals surface area contributed by atoms with Gasteiger partial charge in [0.1, 0.15) is 0 Å². The van der Waals surface area contributed by atoms with Crippen molar-refractivity contribution in [1.82, 2.24) is 0 Å². The molecule has 0 radical (unpaired) electrons. The van der Waals surface area contributed by atoms with Gasteiger partial charge in [-0.2, -0.15) is 0 Å². The Kier molecular flexibility index (Phi) is 3.70. The molecule has 1 saturated carbocycles. The van der Waals surface area contributed by atoms with E-state index >= 15 is 0 Å². The van der Waals surface area contributed by atoms with E-state index in [4.69, 9.17) is 0 Å². The Morgan fingerprint density at radius 1 is 1.38 bits per heavy atom. The van der Waals surface area contributed by atoms with Crippen molar-refractivity contribution in [2.45, 2.75) is 31.1 Å². The molecule has 1 aliphatic carbocycles. The Morgan fingerprint density at radius 3 is 2.50 bits per heavy atom. The summed E-state index contributed by atoms with van der Waals surface area (Å²) in [4.78, 5) is 13.3. The van der Waals surface area contributed by atoms with Gasteiger partial charge >= 0.3 is 0 Å². The molecule has 2 heteroatoms. The van der Waals surface area contributed by atoms with E-state index in [-0.39, 0.29) is 5.92 Å². The van der Waals surface area contributed by atoms with Crippen LogP contribution in [0.15, 0.2) is 29.2 Å². The van der Waals surface area contributed by atoms with Crippen molar-refractivity contribution in [3.63, 3.8) is 0 Å². The van der Waals surface area contributed by atoms with Gasteiger partial charge in [0, 0.05) is 16.4 Å². The topological polar surface area (TPSA) is 17.1 Å². The van der Waals surface area contributed by atoms with Gasteiger partial charge in [0.15, 0.2) is 5.78 Å². The fourth-order valence-corrected chi connectivity index (χ4v) is 2.41. The average Bonchev–Trinajstić information content (AvgIpc) is 3.12. The number of Topliss-reactive ketones (excluding diaryl/α,β-unsaturated/α-hetero) is 1. The summed E-state index contributed by atoms with van der Waals surface area (Å²) in [6.45, 7) is 2.06. The van der Waals surface area contributed by atoms with Crippen LogP contribution in [0.1, 0.15) is 36.5 Å². The van der Waals surface area contributed by atoms with Gasteiger partial charge in [-0.1, -0.05) is 31.9 Å². The van der Waals surface area contributed by atoms with Crippen LogP contribution in [0.4, 0.5) is 0 Å². The lowest BCUT2D eigenvalue weighted by Crippen LogP contribution is -2.11. The Hall–Kier alpha value is -0.760. The molecule has 0 bridgehead atoms. The Balaban J connectivity index is 2.00. The van der Waals surface area contributed by atoms with Crippen molar-refractivity contribution < 1.29 is 4.79 Å². The Morgan fingerprint density at radius 2 is 2.00 bits per heavy atom. The molecule has 1 aromatic rings. The van der Waals surface area contributed by atoms with E-state index in [9.17, 15) is 4.79 Å². The second-order valence-corrected chi connectivity index (χ2v) is 5.55. The highest BCUT2D eigenvalue weighted by Crippen LogP contribution is 2.36. The molecule has 1 fully saturated rings. The van der Waals surface area contributed by atoms with Crippen LogP contribution in [0.25, 0.3) is 0 Å². The summed E-state index contributed by atoms with van der Waals surface area (Å²) in [7, 11) is 0. The third-order valence-electron chi connectivity index (χ3n) is 3.21. The highest BCUT2D eigenvalue weighted by Gasteiger charge is 2.26. The van der Waals surface area contributed by atoms with E-state index < -0.39 is 0 Å². The lowest BCUT2D eigenvalue weighted by Gasteiger charge is -2.09. The molecular formula is C14H18OS. The van der Waals surface area contributed by atoms with Crippen LogP contribution in [0.5, 0.6) is 0 Å². The van der Waals surface area contributed by atoms with Gasteiger partial charge in [0.05, 0.1) is 0 Å². The van der Waals surface area contributed by atoms with Gasteiger partial charge in [-0.3, -0.25) is 4.79 Å². The van der Waals surface area contributed by atoms with Gasteiger partial charge in [0.2, 0.25) is 0 Å². The first-order valence-corrected chi connectivity index (χ1v) is 7.11. The first kappa shape index (κ1) is 11.7. The second kappa shape index (κ2) is 5.05. The largest absolute Gasteiger partial charge is 0.294 e. The molecule has 1 atom stereocenters. The predicted molar refractivity (Wildman–Crippen MR) is 69.1 cm³/mol. The summed E-state index contributed by atoms with van der Waals surface area (Å²) in [5.74, 6) is 1.32. The van der Waals surface area contributed by atoms with Crippen molar-refractivity contribution in [3.8, 4) is 0 Å². The predicted octanol–water partition coefficient (Wildman–Crippen LogP) is 4.03. The van der Waals surface area contributed by atoms with Gasteiger partial charge < -0.3 is 0 Å². The Labute approximate surface area is 102 Å². The number of carbonyl (C=O) groups excluding carboxylic acids is 1. The number of carbonyl (C=O) groups is 1. The molecule has 0 aliphatic heterocycles. The zero-order valence-corrected chi connectivity index (χ0v) is 10.7. The molecule has 1 unspecified atom stereocenters. The quantitative estimate of drug-likeness (QED) is 0.565. The normalized spacial score (nSPS) is 17.1. The maximum Gasteiger partial charge on any atom is 0.165 e. The first-order valence-electron chi connectivity index (χ1n) is 5.89. The molecule has 0 saturated heterocycles. The maximum absolute atomic E-state index is 12.1. The monoisotopic (exact) mass is 234 g/mol. The molecule has 2 rings (SSSR count). The third kappa shape index (κ3) is 2.88. The van der Waals surface area contributed by atoms with Crippen LogP contribution in [0, 0.1) is 11.8 Å². The van der Waals surface area contributed by atoms with E-state index in [0.29, 0.717) is 5.78 Å². The van der Waals surface area contributed by atoms with Crippen LogP contribution in [-0.4, -0.2) is 12.0 Å². The molecule has 0 heterocycles. The van der Waals surface area contributed by atoms with Crippen LogP contribution >= 0.6 is 11.8 Å². The maximum atomic E-state index is 12.1. The van der Waals surface area contributed by atoms with Crippen molar-refractivity contribution >= 4 is 17.5 Å². The third-order valence-corrected chi connectivity index (χ3v) is 3.95. The summed E-state index contributed by atoms with van der Waals surface area (Å²) >= 11 is 1.71. The SMILES string of the molecule is CSc1ccc(C(=O)C(C)CC2CC2)cc1. The highest BCUT2D eigenvalue weighted by molar-refractivity contribution is 7.98. The average molecular weight is 234 g/mol. The fourth-order valence-electron chi connectivity index (χ4n) is 2.00. The number of rotatable bonds is 5. The molecule has 0 N–H and O–H groups in total. The lowest BCUT2D eigenvalue weighted by molar-refractivity contribution is 0.0920. The molecule has 1 aliphatic rings. The molecule has 86 valence electrons. The fraction of sp³-hybridized carbons (Fsp3) is 0.500. The first-order chi connectivity index (χ1) is 7.70. The highest BCUT2D eigenvalue weighted by atomic mass is 32.2. The van der Waals surface area contributed by atoms with E-state index in [1.165, 1.54) is 17.7 Å². The van der Waals surface area contributed by atoms with E-state index in [2.05, 4.69) is 6.92 Å². The summed E-state index contributed by atoms with van der Waals surface area (Å²) in [6, 6.07) is 7.97. The molecule has 0 spiro atoms. The van der Waals surface area contributed by atoms with Crippen LogP contribution in [-0.2, 0) is 0 Å². The number of hydrogen-bond donors (Lipinski definition) is 0. The second-order valence-electron chi connectivity index (χ2n) is 4.67. The van der Waals surface area contributed by atoms with Crippen LogP contribution in [0.3, 0.4) is 0 Å². The van der Waals surface area contributed by atoms with Crippen molar-refractivity contribution in [2.24, 2.45) is 11.8 Å². The smallest absolute Gasteiger partial charge is 0.165 e. The van der Waals surface area contributed by atoms with Crippen molar-refractivity contribution in [2.75, 3.05) is 6.26 Å². The minimum Gasteiger partial charge on any atom is -0.294 e. The summed E-state index contributed by atoms with van der Waals surface area (Å²) in [5, 5.41) is 0. The number of benzene rings is 1. The lowest BCUT2D eigenvalue weighted by atomic mass is 9.94. The van der Waals surface area contributed by atoms with Gasteiger partial charge in [0.25, 0.3) is 0 Å². The van der Waals surface area contributed by atoms with Crippen LogP contribution < -0.4 is 0 Å². The molecule has 0 amide bonds. The molecule has 16 heavy (non-hydrogen) atoms. The molecule has 1 aromatic carbocycles. The minimum atomic E-state index is 0.188. The molecule has 0 aromatic heterocycles. The summed E-state index contributed by atoms with van der Waals surface area (Å²) in [5.41, 5.74) is 0.867. The van der Waals surface area contributed by atoms with Crippen molar-refractivity contribution in [3.05, 3.63) is 29.8 Å². The standard InChI is InChI=1S/C14H18OS/c1-10(9-11-3-4-11)14(15)12-5-7-13(16-2)8-6-12/h5-8,10-11H,3-4,9H2,1-2H3. The zero-order valence-electron chi connectivity index (χ0n) is 9.90. The van der Waals surface area contributed by atoms with Crippen LogP contribution in [0.2, 0.25) is 0 Å². The van der Waals surface area contributed by atoms with E-state index in [1.54, 1.807) is 11.8 Å². The summed E-state index contributed by atoms with van der Waals surface area (Å²) in [6.07, 6.45) is 5.77.